The van der Waals surface area contributed by atoms with Crippen molar-refractivity contribution >= 4 is 29.0 Å². The van der Waals surface area contributed by atoms with Crippen molar-refractivity contribution in [3.8, 4) is 0 Å². The molecule has 5 heteroatoms. The summed E-state index contributed by atoms with van der Waals surface area (Å²) < 4.78 is 0. The Labute approximate surface area is 107 Å². The lowest BCUT2D eigenvalue weighted by Gasteiger charge is -2.24. The van der Waals surface area contributed by atoms with E-state index < -0.39 is 0 Å². The molecule has 1 saturated heterocycles. The third-order valence-corrected chi connectivity index (χ3v) is 4.36. The van der Waals surface area contributed by atoms with E-state index in [0.29, 0.717) is 11.5 Å². The maximum Gasteiger partial charge on any atom is 0.233 e. The summed E-state index contributed by atoms with van der Waals surface area (Å²) in [5, 5.41) is 0. The van der Waals surface area contributed by atoms with Crippen LogP contribution >= 0.6 is 12.2 Å². The van der Waals surface area contributed by atoms with Gasteiger partial charge in [0.2, 0.25) is 11.8 Å². The van der Waals surface area contributed by atoms with E-state index in [0.717, 1.165) is 19.3 Å². The highest BCUT2D eigenvalue weighted by molar-refractivity contribution is 7.80. The van der Waals surface area contributed by atoms with E-state index in [1.807, 2.05) is 13.8 Å². The molecular weight excluding hydrogens is 236 g/mol. The van der Waals surface area contributed by atoms with Crippen LogP contribution in [0.25, 0.3) is 0 Å². The summed E-state index contributed by atoms with van der Waals surface area (Å²) in [6.45, 7) is 4.48. The third kappa shape index (κ3) is 2.20. The molecule has 2 amide bonds. The molecule has 2 unspecified atom stereocenters. The minimum Gasteiger partial charge on any atom is -0.393 e. The Hall–Kier alpha value is -0.970. The van der Waals surface area contributed by atoms with Crippen molar-refractivity contribution < 1.29 is 9.59 Å². The molecule has 0 aromatic carbocycles. The Morgan fingerprint density at radius 2 is 1.94 bits per heavy atom. The van der Waals surface area contributed by atoms with Crippen molar-refractivity contribution in [3.05, 3.63) is 0 Å². The van der Waals surface area contributed by atoms with Crippen LogP contribution in [0.2, 0.25) is 0 Å². The van der Waals surface area contributed by atoms with Gasteiger partial charge >= 0.3 is 0 Å². The SMILES string of the molecule is CC(C)(CCCN1C(=O)C2CC2C1=O)C(N)=S. The van der Waals surface area contributed by atoms with Crippen LogP contribution in [0.4, 0.5) is 0 Å². The van der Waals surface area contributed by atoms with Crippen molar-refractivity contribution in [2.75, 3.05) is 6.54 Å². The molecule has 2 fully saturated rings. The number of carbonyl (C=O) groups is 2. The summed E-state index contributed by atoms with van der Waals surface area (Å²) in [6.07, 6.45) is 2.34. The summed E-state index contributed by atoms with van der Waals surface area (Å²) >= 11 is 4.98. The van der Waals surface area contributed by atoms with Gasteiger partial charge in [-0.3, -0.25) is 14.5 Å². The molecule has 0 aromatic rings. The molecule has 2 atom stereocenters. The molecule has 0 aromatic heterocycles. The second-order valence-electron chi connectivity index (χ2n) is 5.63. The minimum atomic E-state index is -0.204. The van der Waals surface area contributed by atoms with Gasteiger partial charge in [0.05, 0.1) is 16.8 Å². The van der Waals surface area contributed by atoms with Crippen molar-refractivity contribution in [2.45, 2.75) is 33.1 Å². The molecule has 17 heavy (non-hydrogen) atoms. The molecule has 2 N–H and O–H groups in total. The second-order valence-corrected chi connectivity index (χ2v) is 6.07. The Kier molecular flexibility index (Phi) is 2.97. The number of carbonyl (C=O) groups excluding carboxylic acids is 2. The molecule has 1 aliphatic carbocycles. The van der Waals surface area contributed by atoms with E-state index >= 15 is 0 Å². The van der Waals surface area contributed by atoms with Crippen LogP contribution in [-0.4, -0.2) is 28.2 Å². The van der Waals surface area contributed by atoms with E-state index in [2.05, 4.69) is 0 Å². The predicted octanol–water partition coefficient (Wildman–Crippen LogP) is 1.08. The fourth-order valence-corrected chi connectivity index (χ4v) is 2.37. The fourth-order valence-electron chi connectivity index (χ4n) is 2.27. The first-order valence-corrected chi connectivity index (χ1v) is 6.40. The van der Waals surface area contributed by atoms with E-state index in [-0.39, 0.29) is 29.1 Å². The lowest BCUT2D eigenvalue weighted by Crippen LogP contribution is -2.35. The van der Waals surface area contributed by atoms with E-state index in [9.17, 15) is 9.59 Å². The van der Waals surface area contributed by atoms with Crippen molar-refractivity contribution in [2.24, 2.45) is 23.0 Å². The Bertz CT molecular complexity index is 372. The van der Waals surface area contributed by atoms with Gasteiger partial charge in [0.15, 0.2) is 0 Å². The molecule has 2 aliphatic rings. The number of nitrogens with two attached hydrogens (primary N) is 1. The largest absolute Gasteiger partial charge is 0.393 e. The average Bonchev–Trinajstić information content (AvgIpc) is 2.97. The zero-order valence-corrected chi connectivity index (χ0v) is 11.0. The summed E-state index contributed by atoms with van der Waals surface area (Å²) in [5.41, 5.74) is 5.43. The van der Waals surface area contributed by atoms with Crippen LogP contribution in [0.5, 0.6) is 0 Å². The van der Waals surface area contributed by atoms with E-state index in [1.54, 1.807) is 0 Å². The number of imide groups is 1. The predicted molar refractivity (Wildman–Crippen MR) is 68.1 cm³/mol. The summed E-state index contributed by atoms with van der Waals surface area (Å²) in [4.78, 5) is 25.3. The average molecular weight is 254 g/mol. The molecule has 0 bridgehead atoms. The van der Waals surface area contributed by atoms with E-state index in [1.165, 1.54) is 4.90 Å². The molecular formula is C12H18N2O2S. The quantitative estimate of drug-likeness (QED) is 0.589. The standard InChI is InChI=1S/C12H18N2O2S/c1-12(2,11(13)17)4-3-5-14-9(15)7-6-8(7)10(14)16/h7-8H,3-6H2,1-2H3,(H2,13,17). The van der Waals surface area contributed by atoms with Crippen LogP contribution in [-0.2, 0) is 9.59 Å². The number of hydrogen-bond donors (Lipinski definition) is 1. The minimum absolute atomic E-state index is 0.00564. The highest BCUT2D eigenvalue weighted by atomic mass is 32.1. The Morgan fingerprint density at radius 3 is 2.41 bits per heavy atom. The molecule has 4 nitrogen and oxygen atoms in total. The Morgan fingerprint density at radius 1 is 1.41 bits per heavy atom. The number of nitrogens with zero attached hydrogens (tertiary/aromatic N) is 1. The number of amides is 2. The van der Waals surface area contributed by atoms with Gasteiger partial charge in [-0.25, -0.2) is 0 Å². The number of piperidine rings is 1. The van der Waals surface area contributed by atoms with Gasteiger partial charge in [-0.15, -0.1) is 0 Å². The summed E-state index contributed by atoms with van der Waals surface area (Å²) in [5.74, 6) is 0.0541. The highest BCUT2D eigenvalue weighted by Gasteiger charge is 2.58. The van der Waals surface area contributed by atoms with Crippen LogP contribution in [0.3, 0.4) is 0 Å². The van der Waals surface area contributed by atoms with Gasteiger partial charge in [-0.05, 0) is 19.3 Å². The fraction of sp³-hybridized carbons (Fsp3) is 0.750. The molecule has 1 heterocycles. The Balaban J connectivity index is 1.82. The van der Waals surface area contributed by atoms with Gasteiger partial charge in [-0.2, -0.15) is 0 Å². The number of rotatable bonds is 5. The van der Waals surface area contributed by atoms with E-state index in [4.69, 9.17) is 18.0 Å². The second kappa shape index (κ2) is 4.05. The van der Waals surface area contributed by atoms with Gasteiger partial charge < -0.3 is 5.73 Å². The normalized spacial score (nSPS) is 27.3. The monoisotopic (exact) mass is 254 g/mol. The number of thiocarbonyl (C=S) groups is 1. The highest BCUT2D eigenvalue weighted by Crippen LogP contribution is 2.47. The zero-order valence-electron chi connectivity index (χ0n) is 10.2. The molecule has 2 rings (SSSR count). The van der Waals surface area contributed by atoms with Gasteiger partial charge in [-0.1, -0.05) is 26.1 Å². The first-order chi connectivity index (χ1) is 7.84. The molecule has 0 radical (unpaired) electrons. The lowest BCUT2D eigenvalue weighted by atomic mass is 9.88. The maximum absolute atomic E-state index is 11.7. The van der Waals surface area contributed by atoms with Crippen LogP contribution in [0.15, 0.2) is 0 Å². The van der Waals surface area contributed by atoms with Crippen LogP contribution in [0.1, 0.15) is 33.1 Å². The number of likely N-dealkylation sites (tertiary alicyclic amines) is 1. The molecule has 94 valence electrons. The molecule has 0 spiro atoms. The first kappa shape index (κ1) is 12.5. The van der Waals surface area contributed by atoms with Gasteiger partial charge in [0.1, 0.15) is 0 Å². The maximum atomic E-state index is 11.7. The smallest absolute Gasteiger partial charge is 0.233 e. The van der Waals surface area contributed by atoms with Crippen molar-refractivity contribution in [3.63, 3.8) is 0 Å². The zero-order chi connectivity index (χ0) is 12.8. The number of fused-ring (bicyclic) bond motifs is 1. The van der Waals surface area contributed by atoms with Crippen LogP contribution < -0.4 is 5.73 Å². The van der Waals surface area contributed by atoms with Gasteiger partial charge in [0.25, 0.3) is 0 Å². The molecule has 1 aliphatic heterocycles. The lowest BCUT2D eigenvalue weighted by molar-refractivity contribution is -0.141. The first-order valence-electron chi connectivity index (χ1n) is 6.00. The molecule has 1 saturated carbocycles. The summed E-state index contributed by atoms with van der Waals surface area (Å²) in [6, 6.07) is 0. The van der Waals surface area contributed by atoms with Crippen molar-refractivity contribution in [1.82, 2.24) is 4.90 Å². The number of hydrogen-bond acceptors (Lipinski definition) is 3. The topological polar surface area (TPSA) is 63.4 Å². The van der Waals surface area contributed by atoms with Gasteiger partial charge in [0, 0.05) is 12.0 Å². The van der Waals surface area contributed by atoms with Crippen molar-refractivity contribution in [1.29, 1.82) is 0 Å². The third-order valence-electron chi connectivity index (χ3n) is 3.81. The van der Waals surface area contributed by atoms with Crippen LogP contribution in [0, 0.1) is 17.3 Å². The summed E-state index contributed by atoms with van der Waals surface area (Å²) in [7, 11) is 0.